The van der Waals surface area contributed by atoms with Gasteiger partial charge in [0.05, 0.1) is 48.6 Å². The van der Waals surface area contributed by atoms with Gasteiger partial charge in [-0.2, -0.15) is 0 Å². The number of para-hydroxylation sites is 1. The number of imidazole rings is 1. The van der Waals surface area contributed by atoms with Crippen molar-refractivity contribution in [1.29, 1.82) is 0 Å². The summed E-state index contributed by atoms with van der Waals surface area (Å²) in [6.07, 6.45) is 0.884. The fourth-order valence-corrected chi connectivity index (χ4v) is 4.48. The van der Waals surface area contributed by atoms with E-state index in [4.69, 9.17) is 30.8 Å². The van der Waals surface area contributed by atoms with E-state index < -0.39 is 17.7 Å². The van der Waals surface area contributed by atoms with Gasteiger partial charge in [-0.1, -0.05) is 23.7 Å². The number of ether oxygens (including phenoxy) is 3. The number of amides is 1. The number of halogens is 1. The Bertz CT molecular complexity index is 1520. The van der Waals surface area contributed by atoms with Crippen LogP contribution in [0.5, 0.6) is 11.5 Å². The first kappa shape index (κ1) is 27.0. The maximum absolute atomic E-state index is 13.7. The van der Waals surface area contributed by atoms with Gasteiger partial charge in [0, 0.05) is 18.6 Å². The highest BCUT2D eigenvalue weighted by Crippen LogP contribution is 2.40. The number of nitrogens with zero attached hydrogens (tertiary/aromatic N) is 4. The first-order valence-electron chi connectivity index (χ1n) is 11.9. The molecule has 1 N–H and O–H groups in total. The zero-order chi connectivity index (χ0) is 27.8. The minimum atomic E-state index is -0.957. The molecule has 0 spiro atoms. The summed E-state index contributed by atoms with van der Waals surface area (Å²) >= 11 is 6.63. The van der Waals surface area contributed by atoms with Crippen molar-refractivity contribution >= 4 is 51.7 Å². The molecular weight excluding hydrogens is 512 g/mol. The van der Waals surface area contributed by atoms with Crippen LogP contribution in [0.3, 0.4) is 0 Å². The van der Waals surface area contributed by atoms with Gasteiger partial charge in [-0.15, -0.1) is 0 Å². The second-order valence-corrected chi connectivity index (χ2v) is 10.0. The van der Waals surface area contributed by atoms with E-state index in [0.717, 1.165) is 5.56 Å². The lowest BCUT2D eigenvalue weighted by molar-refractivity contribution is -0.137. The third kappa shape index (κ3) is 5.17. The van der Waals surface area contributed by atoms with E-state index in [0.29, 0.717) is 44.6 Å². The lowest BCUT2D eigenvalue weighted by atomic mass is 10.1. The molecular formula is C27H29ClN4O6. The van der Waals surface area contributed by atoms with Gasteiger partial charge in [0.15, 0.2) is 17.3 Å². The zero-order valence-corrected chi connectivity index (χ0v) is 22.8. The molecule has 4 aromatic rings. The van der Waals surface area contributed by atoms with E-state index >= 15 is 0 Å². The quantitative estimate of drug-likeness (QED) is 0.305. The van der Waals surface area contributed by atoms with Crippen molar-refractivity contribution in [1.82, 2.24) is 14.4 Å². The summed E-state index contributed by atoms with van der Waals surface area (Å²) in [5.74, 6) is 0.622. The second kappa shape index (κ2) is 10.4. The minimum Gasteiger partial charge on any atom is -0.493 e. The van der Waals surface area contributed by atoms with Crippen LogP contribution in [0.25, 0.3) is 16.6 Å². The van der Waals surface area contributed by atoms with Crippen molar-refractivity contribution in [3.8, 4) is 11.5 Å². The zero-order valence-electron chi connectivity index (χ0n) is 22.0. The van der Waals surface area contributed by atoms with Crippen molar-refractivity contribution in [2.75, 3.05) is 19.1 Å². The number of carbonyl (C=O) groups is 2. The summed E-state index contributed by atoms with van der Waals surface area (Å²) in [6, 6.07) is 8.73. The predicted molar refractivity (Wildman–Crippen MR) is 144 cm³/mol. The summed E-state index contributed by atoms with van der Waals surface area (Å²) in [5.41, 5.74) is 1.83. The van der Waals surface area contributed by atoms with Crippen molar-refractivity contribution in [3.05, 3.63) is 52.9 Å². The van der Waals surface area contributed by atoms with E-state index in [1.165, 1.54) is 19.1 Å². The Morgan fingerprint density at radius 3 is 2.39 bits per heavy atom. The summed E-state index contributed by atoms with van der Waals surface area (Å²) in [6.45, 7) is 7.14. The number of carboxylic acid groups (broad SMARTS) is 1. The van der Waals surface area contributed by atoms with Gasteiger partial charge >= 0.3 is 12.1 Å². The lowest BCUT2D eigenvalue weighted by Crippen LogP contribution is -2.35. The number of fused-ring (bicyclic) bond motifs is 3. The summed E-state index contributed by atoms with van der Waals surface area (Å²) in [4.78, 5) is 35.8. The minimum absolute atomic E-state index is 0.134. The molecule has 2 aromatic heterocycles. The lowest BCUT2D eigenvalue weighted by Gasteiger charge is -2.29. The van der Waals surface area contributed by atoms with Crippen LogP contribution in [-0.4, -0.2) is 51.4 Å². The molecule has 2 aromatic carbocycles. The highest BCUT2D eigenvalue weighted by Gasteiger charge is 2.31. The fourth-order valence-electron chi connectivity index (χ4n) is 4.17. The number of methoxy groups -OCH3 is 2. The van der Waals surface area contributed by atoms with E-state index in [2.05, 4.69) is 4.98 Å². The SMILES string of the molecule is COc1cc2nc(N(C(=O)OC(C)(C)C)c3c(C)cccc3Cl)c3cnc(CCC(=O)O)n3c2cc1OC. The molecule has 0 aliphatic heterocycles. The fraction of sp³-hybridized carbons (Fsp3) is 0.333. The topological polar surface area (TPSA) is 115 Å². The van der Waals surface area contributed by atoms with E-state index in [-0.39, 0.29) is 18.7 Å². The molecule has 38 heavy (non-hydrogen) atoms. The van der Waals surface area contributed by atoms with Crippen molar-refractivity contribution < 1.29 is 28.9 Å². The largest absolute Gasteiger partial charge is 0.493 e. The molecule has 0 saturated heterocycles. The van der Waals surface area contributed by atoms with Gasteiger partial charge in [-0.05, 0) is 39.3 Å². The number of hydrogen-bond donors (Lipinski definition) is 1. The van der Waals surface area contributed by atoms with Crippen molar-refractivity contribution in [2.45, 2.75) is 46.1 Å². The molecule has 0 radical (unpaired) electrons. The molecule has 11 heteroatoms. The standard InChI is InChI=1S/C27H29ClN4O6/c1-15-8-7-9-16(28)24(15)32(26(35)38-27(2,3)4)25-19-14-29-22(10-11-23(33)34)31(19)18-13-21(37-6)20(36-5)12-17(18)30-25/h7-9,12-14H,10-11H2,1-6H3,(H,33,34). The summed E-state index contributed by atoms with van der Waals surface area (Å²) in [5, 5.41) is 9.64. The molecule has 0 bridgehead atoms. The van der Waals surface area contributed by atoms with E-state index in [1.54, 1.807) is 55.6 Å². The number of benzene rings is 2. The molecule has 0 saturated carbocycles. The van der Waals surface area contributed by atoms with E-state index in [9.17, 15) is 14.7 Å². The summed E-state index contributed by atoms with van der Waals surface area (Å²) in [7, 11) is 3.03. The maximum Gasteiger partial charge on any atom is 0.420 e. The Balaban J connectivity index is 2.10. The molecule has 0 aliphatic rings. The molecule has 10 nitrogen and oxygen atoms in total. The number of aryl methyl sites for hydroxylation is 2. The summed E-state index contributed by atoms with van der Waals surface area (Å²) < 4.78 is 18.5. The van der Waals surface area contributed by atoms with Crippen LogP contribution in [0.1, 0.15) is 38.6 Å². The Labute approximate surface area is 224 Å². The average molecular weight is 541 g/mol. The van der Waals surface area contributed by atoms with Crippen LogP contribution in [0.2, 0.25) is 5.02 Å². The van der Waals surface area contributed by atoms with Crippen LogP contribution in [0, 0.1) is 6.92 Å². The normalized spacial score (nSPS) is 11.6. The number of aliphatic carboxylic acids is 1. The van der Waals surface area contributed by atoms with Gasteiger partial charge in [-0.3, -0.25) is 9.20 Å². The van der Waals surface area contributed by atoms with Crippen molar-refractivity contribution in [2.24, 2.45) is 0 Å². The number of aromatic nitrogens is 3. The molecule has 1 amide bonds. The first-order valence-corrected chi connectivity index (χ1v) is 12.2. The van der Waals surface area contributed by atoms with Gasteiger partial charge in [0.1, 0.15) is 16.9 Å². The Kier molecular flexibility index (Phi) is 7.37. The number of hydrogen-bond acceptors (Lipinski definition) is 7. The number of anilines is 2. The van der Waals surface area contributed by atoms with Gasteiger partial charge in [-0.25, -0.2) is 19.7 Å². The molecule has 0 aliphatic carbocycles. The number of rotatable bonds is 7. The first-order chi connectivity index (χ1) is 17.9. The highest BCUT2D eigenvalue weighted by molar-refractivity contribution is 6.34. The highest BCUT2D eigenvalue weighted by atomic mass is 35.5. The van der Waals surface area contributed by atoms with Crippen LogP contribution in [0.4, 0.5) is 16.3 Å². The number of carboxylic acids is 1. The van der Waals surface area contributed by atoms with Gasteiger partial charge in [0.25, 0.3) is 0 Å². The smallest absolute Gasteiger partial charge is 0.420 e. The Morgan fingerprint density at radius 1 is 1.11 bits per heavy atom. The van der Waals surface area contributed by atoms with Crippen LogP contribution in [0.15, 0.2) is 36.5 Å². The van der Waals surface area contributed by atoms with Crippen LogP contribution >= 0.6 is 11.6 Å². The second-order valence-electron chi connectivity index (χ2n) is 9.64. The van der Waals surface area contributed by atoms with Gasteiger partial charge in [0.2, 0.25) is 0 Å². The monoisotopic (exact) mass is 540 g/mol. The molecule has 0 unspecified atom stereocenters. The maximum atomic E-state index is 13.7. The number of carbonyl (C=O) groups excluding carboxylic acids is 1. The van der Waals surface area contributed by atoms with Crippen LogP contribution in [-0.2, 0) is 16.0 Å². The Hall–Kier alpha value is -4.05. The van der Waals surface area contributed by atoms with Crippen molar-refractivity contribution in [3.63, 3.8) is 0 Å². The predicted octanol–water partition coefficient (Wildman–Crippen LogP) is 5.95. The average Bonchev–Trinajstić information content (AvgIpc) is 3.27. The molecule has 200 valence electrons. The third-order valence-electron chi connectivity index (χ3n) is 5.77. The molecule has 4 rings (SSSR count). The third-order valence-corrected chi connectivity index (χ3v) is 6.08. The molecule has 0 atom stereocenters. The van der Waals surface area contributed by atoms with Crippen LogP contribution < -0.4 is 14.4 Å². The molecule has 0 fully saturated rings. The van der Waals surface area contributed by atoms with E-state index in [1.807, 2.05) is 13.0 Å². The Morgan fingerprint density at radius 2 is 1.79 bits per heavy atom. The van der Waals surface area contributed by atoms with Gasteiger partial charge < -0.3 is 19.3 Å². The molecule has 2 heterocycles.